The quantitative estimate of drug-likeness (QED) is 0.354. The topological polar surface area (TPSA) is 87.2 Å². The third kappa shape index (κ3) is 3.57. The highest BCUT2D eigenvalue weighted by molar-refractivity contribution is 7.89. The molecular weight excluding hydrogens is 365 g/mol. The van der Waals surface area contributed by atoms with Crippen LogP contribution in [0.1, 0.15) is 5.56 Å². The van der Waals surface area contributed by atoms with Crippen LogP contribution >= 0.6 is 12.2 Å². The number of hydrogen-bond donors (Lipinski definition) is 1. The van der Waals surface area contributed by atoms with Crippen molar-refractivity contribution < 1.29 is 30.4 Å². The summed E-state index contributed by atoms with van der Waals surface area (Å²) in [7, 11) is -5.68. The van der Waals surface area contributed by atoms with Gasteiger partial charge in [-0.3, -0.25) is 0 Å². The lowest BCUT2D eigenvalue weighted by molar-refractivity contribution is 0.0777. The zero-order valence-corrected chi connectivity index (χ0v) is 12.7. The van der Waals surface area contributed by atoms with Crippen LogP contribution in [-0.2, 0) is 15.3 Å². The van der Waals surface area contributed by atoms with Crippen LogP contribution in [0.5, 0.6) is 0 Å². The molecule has 0 atom stereocenters. The summed E-state index contributed by atoms with van der Waals surface area (Å²) in [6.45, 7) is -1.97. The van der Waals surface area contributed by atoms with E-state index in [0.717, 1.165) is 0 Å². The molecule has 0 saturated carbocycles. The molecule has 12 heteroatoms. The van der Waals surface area contributed by atoms with Crippen molar-refractivity contribution in [3.8, 4) is 6.07 Å². The Bertz CT molecular complexity index is 777. The Morgan fingerprint density at radius 1 is 1.30 bits per heavy atom. The number of sulfonamides is 1. The summed E-state index contributed by atoms with van der Waals surface area (Å²) in [5.74, 6) is -6.37. The second-order valence-electron chi connectivity index (χ2n) is 4.14. The molecule has 0 aliphatic rings. The minimum Gasteiger partial charge on any atom is -0.392 e. The number of alkyl halides is 2. The van der Waals surface area contributed by atoms with E-state index in [1.807, 2.05) is 0 Å². The lowest BCUT2D eigenvalue weighted by Gasteiger charge is -2.25. The second-order valence-corrected chi connectivity index (χ2v) is 6.64. The number of hydrogen-bond acceptors (Lipinski definition) is 4. The largest absolute Gasteiger partial charge is 0.392 e. The fraction of sp³-hybridized carbons (Fsp3) is 0.273. The molecule has 2 N–H and O–H groups in total. The van der Waals surface area contributed by atoms with Gasteiger partial charge in [-0.15, -0.1) is 0 Å². The van der Waals surface area contributed by atoms with Crippen LogP contribution in [0.15, 0.2) is 12.1 Å². The molecule has 0 saturated heterocycles. The molecule has 0 fully saturated rings. The zero-order valence-electron chi connectivity index (χ0n) is 11.1. The molecule has 1 aromatic carbocycles. The first kappa shape index (κ1) is 19.2. The molecule has 0 aliphatic heterocycles. The van der Waals surface area contributed by atoms with Gasteiger partial charge in [-0.2, -0.15) is 18.3 Å². The SMILES string of the molecule is N#CCN(CC(N)=S)S(=O)(=O)C(F)(F)c1ccc(F)c(F)c1F. The molecule has 5 nitrogen and oxygen atoms in total. The van der Waals surface area contributed by atoms with E-state index < -0.39 is 56.4 Å². The Kier molecular flexibility index (Phi) is 5.62. The van der Waals surface area contributed by atoms with E-state index in [9.17, 15) is 30.4 Å². The minimum atomic E-state index is -5.68. The molecule has 0 amide bonds. The number of nitriles is 1. The van der Waals surface area contributed by atoms with Crippen molar-refractivity contribution in [2.24, 2.45) is 5.73 Å². The number of benzene rings is 1. The molecule has 0 spiro atoms. The summed E-state index contributed by atoms with van der Waals surface area (Å²) < 4.78 is 91.6. The third-order valence-electron chi connectivity index (χ3n) is 2.59. The van der Waals surface area contributed by atoms with Gasteiger partial charge < -0.3 is 5.73 Å². The Morgan fingerprint density at radius 3 is 2.35 bits per heavy atom. The van der Waals surface area contributed by atoms with E-state index in [0.29, 0.717) is 0 Å². The summed E-state index contributed by atoms with van der Waals surface area (Å²) in [6.07, 6.45) is 0. The zero-order chi connectivity index (χ0) is 18.0. The van der Waals surface area contributed by atoms with Crippen LogP contribution in [0.3, 0.4) is 0 Å². The Morgan fingerprint density at radius 2 is 1.87 bits per heavy atom. The van der Waals surface area contributed by atoms with Crippen molar-refractivity contribution in [3.63, 3.8) is 0 Å². The van der Waals surface area contributed by atoms with Gasteiger partial charge in [0.05, 0.1) is 23.2 Å². The number of nitrogens with zero attached hydrogens (tertiary/aromatic N) is 2. The number of rotatable bonds is 6. The van der Waals surface area contributed by atoms with Crippen LogP contribution in [-0.4, -0.2) is 30.8 Å². The molecule has 1 rings (SSSR count). The maximum atomic E-state index is 14.2. The summed E-state index contributed by atoms with van der Waals surface area (Å²) in [5, 5.41) is 3.54. The molecular formula is C11H8F5N3O2S2. The summed E-state index contributed by atoms with van der Waals surface area (Å²) in [5.41, 5.74) is 3.16. The van der Waals surface area contributed by atoms with Crippen molar-refractivity contribution in [2.75, 3.05) is 13.1 Å². The molecule has 23 heavy (non-hydrogen) atoms. The maximum absolute atomic E-state index is 14.2. The third-order valence-corrected chi connectivity index (χ3v) is 4.53. The van der Waals surface area contributed by atoms with Crippen LogP contribution in [0, 0.1) is 28.8 Å². The van der Waals surface area contributed by atoms with Gasteiger partial charge in [0.1, 0.15) is 6.54 Å². The average Bonchev–Trinajstić information content (AvgIpc) is 2.43. The maximum Gasteiger partial charge on any atom is 0.387 e. The van der Waals surface area contributed by atoms with Crippen molar-refractivity contribution in [3.05, 3.63) is 35.1 Å². The summed E-state index contributed by atoms with van der Waals surface area (Å²) in [4.78, 5) is -0.523. The monoisotopic (exact) mass is 373 g/mol. The van der Waals surface area contributed by atoms with Crippen molar-refractivity contribution in [1.82, 2.24) is 4.31 Å². The smallest absolute Gasteiger partial charge is 0.387 e. The van der Waals surface area contributed by atoms with Gasteiger partial charge >= 0.3 is 5.25 Å². The molecule has 0 aliphatic carbocycles. The number of nitrogens with two attached hydrogens (primary N) is 1. The number of halogens is 5. The fourth-order valence-electron chi connectivity index (χ4n) is 1.53. The van der Waals surface area contributed by atoms with Gasteiger partial charge in [-0.05, 0) is 12.1 Å². The highest BCUT2D eigenvalue weighted by atomic mass is 32.2. The van der Waals surface area contributed by atoms with Gasteiger partial charge in [0.15, 0.2) is 17.5 Å². The standard InChI is InChI=1S/C11H8F5N3O2S2/c12-7-2-1-6(9(13)10(7)14)11(15,16)23(20,21)19(4-3-17)5-8(18)22/h1-2H,4-5H2,(H2,18,22). The normalized spacial score (nSPS) is 12.2. The van der Waals surface area contributed by atoms with Crippen LogP contribution in [0.25, 0.3) is 0 Å². The minimum absolute atomic E-state index is 0.0873. The van der Waals surface area contributed by atoms with Gasteiger partial charge in [0, 0.05) is 0 Å². The van der Waals surface area contributed by atoms with Crippen molar-refractivity contribution in [1.29, 1.82) is 5.26 Å². The van der Waals surface area contributed by atoms with Crippen LogP contribution in [0.4, 0.5) is 22.0 Å². The van der Waals surface area contributed by atoms with E-state index in [1.165, 1.54) is 6.07 Å². The lowest BCUT2D eigenvalue weighted by Crippen LogP contribution is -2.45. The molecule has 1 aromatic rings. The van der Waals surface area contributed by atoms with E-state index >= 15 is 0 Å². The first-order valence-electron chi connectivity index (χ1n) is 5.63. The predicted octanol–water partition coefficient (Wildman–Crippen LogP) is 1.59. The van der Waals surface area contributed by atoms with Gasteiger partial charge in [0.25, 0.3) is 10.0 Å². The molecule has 0 unspecified atom stereocenters. The highest BCUT2D eigenvalue weighted by Gasteiger charge is 2.52. The van der Waals surface area contributed by atoms with Crippen molar-refractivity contribution in [2.45, 2.75) is 5.25 Å². The van der Waals surface area contributed by atoms with Gasteiger partial charge in [0.2, 0.25) is 0 Å². The highest BCUT2D eigenvalue weighted by Crippen LogP contribution is 2.38. The molecule has 0 aromatic heterocycles. The summed E-state index contributed by atoms with van der Waals surface area (Å²) in [6, 6.07) is 1.55. The Labute approximate surface area is 133 Å². The molecule has 0 heterocycles. The second kappa shape index (κ2) is 6.73. The average molecular weight is 373 g/mol. The van der Waals surface area contributed by atoms with E-state index in [-0.39, 0.29) is 16.4 Å². The van der Waals surface area contributed by atoms with Gasteiger partial charge in [-0.1, -0.05) is 12.2 Å². The van der Waals surface area contributed by atoms with Crippen LogP contribution in [0.2, 0.25) is 0 Å². The van der Waals surface area contributed by atoms with E-state index in [1.54, 1.807) is 0 Å². The fourth-order valence-corrected chi connectivity index (χ4v) is 3.06. The molecule has 0 bridgehead atoms. The Hall–Kier alpha value is -1.84. The molecule has 126 valence electrons. The van der Waals surface area contributed by atoms with E-state index in [4.69, 9.17) is 11.0 Å². The molecule has 0 radical (unpaired) electrons. The van der Waals surface area contributed by atoms with E-state index in [2.05, 4.69) is 12.2 Å². The summed E-state index contributed by atoms with van der Waals surface area (Å²) >= 11 is 4.39. The first-order chi connectivity index (χ1) is 10.5. The van der Waals surface area contributed by atoms with Crippen molar-refractivity contribution >= 4 is 27.2 Å². The lowest BCUT2D eigenvalue weighted by atomic mass is 10.2. The first-order valence-corrected chi connectivity index (χ1v) is 7.48. The predicted molar refractivity (Wildman–Crippen MR) is 73.1 cm³/mol. The van der Waals surface area contributed by atoms with Crippen LogP contribution < -0.4 is 5.73 Å². The van der Waals surface area contributed by atoms with Gasteiger partial charge in [-0.25, -0.2) is 21.6 Å². The number of thiocarbonyl (C=S) groups is 1. The Balaban J connectivity index is 3.48.